The maximum Gasteiger partial charge on any atom is 0.263 e. The zero-order chi connectivity index (χ0) is 14.3. The normalized spacial score (nSPS) is 19.2. The minimum Gasteiger partial charge on any atom is -0.396 e. The van der Waals surface area contributed by atoms with Crippen molar-refractivity contribution in [2.75, 3.05) is 17.6 Å². The second-order valence-electron chi connectivity index (χ2n) is 6.07. The molecule has 1 heterocycles. The molecule has 2 aliphatic rings. The van der Waals surface area contributed by atoms with Crippen LogP contribution in [0.3, 0.4) is 0 Å². The highest BCUT2D eigenvalue weighted by Gasteiger charge is 2.37. The molecule has 0 radical (unpaired) electrons. The summed E-state index contributed by atoms with van der Waals surface area (Å²) in [5.74, 6) is -0.155. The predicted octanol–water partition coefficient (Wildman–Crippen LogP) is 2.31. The van der Waals surface area contributed by atoms with Gasteiger partial charge in [-0.25, -0.2) is 0 Å². The molecule has 0 saturated heterocycles. The highest BCUT2D eigenvalue weighted by molar-refractivity contribution is 7.18. The number of nitrogen functional groups attached to an aromatic ring is 1. The van der Waals surface area contributed by atoms with Gasteiger partial charge in [-0.2, -0.15) is 5.26 Å². The number of carbonyl (C=O) groups is 1. The third-order valence-corrected chi connectivity index (χ3v) is 5.12. The average Bonchev–Trinajstić information content (AvgIpc) is 3.32. The van der Waals surface area contributed by atoms with E-state index < -0.39 is 0 Å². The quantitative estimate of drug-likeness (QED) is 0.776. The largest absolute Gasteiger partial charge is 0.396 e. The van der Waals surface area contributed by atoms with E-state index in [-0.39, 0.29) is 11.9 Å². The van der Waals surface area contributed by atoms with E-state index in [4.69, 9.17) is 5.73 Å². The van der Waals surface area contributed by atoms with Crippen LogP contribution in [0.2, 0.25) is 0 Å². The Morgan fingerprint density at radius 1 is 1.55 bits per heavy atom. The van der Waals surface area contributed by atoms with Crippen LogP contribution in [0.25, 0.3) is 0 Å². The van der Waals surface area contributed by atoms with Crippen molar-refractivity contribution >= 4 is 27.9 Å². The lowest BCUT2D eigenvalue weighted by Crippen LogP contribution is -2.25. The first-order valence-electron chi connectivity index (χ1n) is 6.89. The fraction of sp³-hybridized carbons (Fsp3) is 0.571. The van der Waals surface area contributed by atoms with Gasteiger partial charge in [-0.1, -0.05) is 6.92 Å². The van der Waals surface area contributed by atoms with E-state index in [0.29, 0.717) is 21.5 Å². The monoisotopic (exact) mass is 290 g/mol. The summed E-state index contributed by atoms with van der Waals surface area (Å²) >= 11 is 1.29. The molecular formula is C14H18N4OS. The van der Waals surface area contributed by atoms with E-state index in [0.717, 1.165) is 24.4 Å². The second-order valence-corrected chi connectivity index (χ2v) is 7.09. The van der Waals surface area contributed by atoms with Crippen LogP contribution in [-0.4, -0.2) is 18.5 Å². The van der Waals surface area contributed by atoms with Gasteiger partial charge >= 0.3 is 0 Å². The van der Waals surface area contributed by atoms with Gasteiger partial charge in [-0.3, -0.25) is 4.79 Å². The highest BCUT2D eigenvalue weighted by Crippen LogP contribution is 2.45. The van der Waals surface area contributed by atoms with E-state index in [9.17, 15) is 10.1 Å². The second kappa shape index (κ2) is 4.67. The Hall–Kier alpha value is -1.74. The summed E-state index contributed by atoms with van der Waals surface area (Å²) in [6.45, 7) is 3.04. The minimum absolute atomic E-state index is 0.155. The van der Waals surface area contributed by atoms with Crippen LogP contribution in [0.1, 0.15) is 47.8 Å². The molecule has 5 nitrogen and oxygen atoms in total. The van der Waals surface area contributed by atoms with Crippen molar-refractivity contribution in [2.45, 2.75) is 38.6 Å². The van der Waals surface area contributed by atoms with Crippen LogP contribution >= 0.6 is 11.3 Å². The van der Waals surface area contributed by atoms with E-state index in [1.165, 1.54) is 24.2 Å². The molecule has 2 aliphatic carbocycles. The number of hydrogen-bond donors (Lipinski definition) is 3. The number of hydrogen-bond acceptors (Lipinski definition) is 5. The number of anilines is 2. The minimum atomic E-state index is -0.155. The highest BCUT2D eigenvalue weighted by atomic mass is 32.1. The first kappa shape index (κ1) is 13.3. The van der Waals surface area contributed by atoms with E-state index in [1.54, 1.807) is 0 Å². The van der Waals surface area contributed by atoms with Gasteiger partial charge in [0.25, 0.3) is 5.91 Å². The Labute approximate surface area is 122 Å². The predicted molar refractivity (Wildman–Crippen MR) is 79.8 cm³/mol. The van der Waals surface area contributed by atoms with Crippen LogP contribution in [0.4, 0.5) is 10.7 Å². The van der Waals surface area contributed by atoms with Crippen LogP contribution in [0, 0.1) is 16.7 Å². The molecule has 2 saturated carbocycles. The first-order valence-corrected chi connectivity index (χ1v) is 7.71. The molecule has 0 aliphatic heterocycles. The Bertz CT molecular complexity index is 593. The smallest absolute Gasteiger partial charge is 0.263 e. The number of carbonyl (C=O) groups excluding carboxylic acids is 1. The lowest BCUT2D eigenvalue weighted by molar-refractivity contribution is 0.0956. The summed E-state index contributed by atoms with van der Waals surface area (Å²) in [7, 11) is 0. The Morgan fingerprint density at radius 3 is 2.80 bits per heavy atom. The van der Waals surface area contributed by atoms with Crippen LogP contribution < -0.4 is 16.4 Å². The van der Waals surface area contributed by atoms with Gasteiger partial charge in [-0.15, -0.1) is 11.3 Å². The van der Waals surface area contributed by atoms with Gasteiger partial charge in [0.05, 0.1) is 5.69 Å². The summed E-state index contributed by atoms with van der Waals surface area (Å²) in [6, 6.07) is 2.40. The number of nitriles is 1. The molecule has 1 aromatic heterocycles. The van der Waals surface area contributed by atoms with Crippen molar-refractivity contribution in [1.82, 2.24) is 5.32 Å². The number of nitrogens with one attached hydrogen (secondary N) is 2. The topological polar surface area (TPSA) is 90.9 Å². The van der Waals surface area contributed by atoms with Gasteiger partial charge in [0.15, 0.2) is 0 Å². The molecule has 2 fully saturated rings. The van der Waals surface area contributed by atoms with E-state index in [2.05, 4.69) is 23.6 Å². The van der Waals surface area contributed by atoms with Crippen molar-refractivity contribution in [3.63, 3.8) is 0 Å². The van der Waals surface area contributed by atoms with Crippen LogP contribution in [-0.2, 0) is 0 Å². The van der Waals surface area contributed by atoms with Gasteiger partial charge < -0.3 is 16.4 Å². The molecule has 4 N–H and O–H groups in total. The zero-order valence-corrected chi connectivity index (χ0v) is 12.3. The number of thiophene rings is 1. The Balaban J connectivity index is 1.78. The number of amides is 1. The third-order valence-electron chi connectivity index (χ3n) is 3.96. The fourth-order valence-corrected chi connectivity index (χ4v) is 2.98. The van der Waals surface area contributed by atoms with Crippen LogP contribution in [0.15, 0.2) is 0 Å². The van der Waals surface area contributed by atoms with E-state index in [1.807, 2.05) is 0 Å². The molecule has 3 rings (SSSR count). The maximum absolute atomic E-state index is 12.1. The molecule has 0 atom stereocenters. The van der Waals surface area contributed by atoms with Crippen molar-refractivity contribution in [2.24, 2.45) is 5.41 Å². The number of rotatable bonds is 5. The number of nitrogens with zero attached hydrogens (tertiary/aromatic N) is 1. The summed E-state index contributed by atoms with van der Waals surface area (Å²) in [6.07, 6.45) is 4.48. The molecule has 1 aromatic rings. The van der Waals surface area contributed by atoms with Crippen molar-refractivity contribution < 1.29 is 4.79 Å². The summed E-state index contributed by atoms with van der Waals surface area (Å²) < 4.78 is 0. The van der Waals surface area contributed by atoms with Gasteiger partial charge in [0.2, 0.25) is 0 Å². The van der Waals surface area contributed by atoms with Crippen molar-refractivity contribution in [1.29, 1.82) is 5.26 Å². The SMILES string of the molecule is CC1(CNc2sc(C(=O)NC3CC3)c(N)c2C#N)CC1. The maximum atomic E-state index is 12.1. The molecular weight excluding hydrogens is 272 g/mol. The lowest BCUT2D eigenvalue weighted by Gasteiger charge is -2.09. The fourth-order valence-electron chi connectivity index (χ4n) is 2.01. The Morgan fingerprint density at radius 2 is 2.25 bits per heavy atom. The molecule has 20 heavy (non-hydrogen) atoms. The summed E-state index contributed by atoms with van der Waals surface area (Å²) in [4.78, 5) is 12.5. The molecule has 0 unspecified atom stereocenters. The summed E-state index contributed by atoms with van der Waals surface area (Å²) in [5, 5.41) is 16.2. The first-order chi connectivity index (χ1) is 9.52. The molecule has 0 spiro atoms. The lowest BCUT2D eigenvalue weighted by atomic mass is 10.1. The standard InChI is InChI=1S/C14H18N4OS/c1-14(4-5-14)7-17-13-9(6-15)10(16)11(20-13)12(19)18-8-2-3-8/h8,17H,2-5,7,16H2,1H3,(H,18,19). The molecule has 1 amide bonds. The zero-order valence-electron chi connectivity index (χ0n) is 11.5. The van der Waals surface area contributed by atoms with Gasteiger partial charge in [0.1, 0.15) is 21.5 Å². The average molecular weight is 290 g/mol. The van der Waals surface area contributed by atoms with Gasteiger partial charge in [0, 0.05) is 12.6 Å². The molecule has 106 valence electrons. The van der Waals surface area contributed by atoms with E-state index >= 15 is 0 Å². The molecule has 0 bridgehead atoms. The summed E-state index contributed by atoms with van der Waals surface area (Å²) in [5.41, 5.74) is 7.00. The van der Waals surface area contributed by atoms with Crippen molar-refractivity contribution in [3.8, 4) is 6.07 Å². The Kier molecular flexibility index (Phi) is 3.09. The van der Waals surface area contributed by atoms with Crippen LogP contribution in [0.5, 0.6) is 0 Å². The number of nitrogens with two attached hydrogens (primary N) is 1. The third kappa shape index (κ3) is 2.59. The van der Waals surface area contributed by atoms with Crippen molar-refractivity contribution in [3.05, 3.63) is 10.4 Å². The molecule has 6 heteroatoms. The molecule has 0 aromatic carbocycles. The van der Waals surface area contributed by atoms with Gasteiger partial charge in [-0.05, 0) is 31.1 Å².